The Bertz CT molecular complexity index is 459. The van der Waals surface area contributed by atoms with E-state index in [0.717, 1.165) is 5.56 Å². The van der Waals surface area contributed by atoms with Crippen molar-refractivity contribution < 1.29 is 14.3 Å². The molecule has 0 fully saturated rings. The fourth-order valence-corrected chi connectivity index (χ4v) is 2.05. The number of nitrogens with zero attached hydrogens (tertiary/aromatic N) is 1. The predicted molar refractivity (Wildman–Crippen MR) is 83.9 cm³/mol. The molecule has 0 aromatic heterocycles. The zero-order chi connectivity index (χ0) is 15.8. The van der Waals surface area contributed by atoms with Gasteiger partial charge in [0.1, 0.15) is 0 Å². The number of carbonyl (C=O) groups is 1. The Morgan fingerprint density at radius 2 is 1.95 bits per heavy atom. The van der Waals surface area contributed by atoms with E-state index < -0.39 is 0 Å². The van der Waals surface area contributed by atoms with E-state index in [1.807, 2.05) is 39.1 Å². The SMILES string of the molecule is CCN(CC)C(=O)COc1ccc(C(C)NC)cc1OC. The molecule has 0 radical (unpaired) electrons. The summed E-state index contributed by atoms with van der Waals surface area (Å²) in [5.74, 6) is 1.21. The minimum atomic E-state index is -0.0188. The van der Waals surface area contributed by atoms with Gasteiger partial charge in [0.25, 0.3) is 5.91 Å². The molecule has 5 heteroatoms. The summed E-state index contributed by atoms with van der Waals surface area (Å²) >= 11 is 0. The third-order valence-electron chi connectivity index (χ3n) is 3.59. The van der Waals surface area contributed by atoms with Crippen LogP contribution >= 0.6 is 0 Å². The molecule has 1 unspecified atom stereocenters. The number of nitrogens with one attached hydrogen (secondary N) is 1. The number of benzene rings is 1. The van der Waals surface area contributed by atoms with Crippen LogP contribution in [0.3, 0.4) is 0 Å². The lowest BCUT2D eigenvalue weighted by molar-refractivity contribution is -0.132. The first-order chi connectivity index (χ1) is 10.1. The number of likely N-dealkylation sites (N-methyl/N-ethyl adjacent to an activating group) is 1. The fraction of sp³-hybridized carbons (Fsp3) is 0.562. The van der Waals surface area contributed by atoms with E-state index >= 15 is 0 Å². The summed E-state index contributed by atoms with van der Waals surface area (Å²) in [7, 11) is 3.51. The van der Waals surface area contributed by atoms with Crippen LogP contribution < -0.4 is 14.8 Å². The molecule has 0 saturated heterocycles. The number of ether oxygens (including phenoxy) is 2. The second-order valence-corrected chi connectivity index (χ2v) is 4.78. The van der Waals surface area contributed by atoms with Crippen molar-refractivity contribution in [2.24, 2.45) is 0 Å². The molecule has 0 aliphatic rings. The van der Waals surface area contributed by atoms with E-state index in [1.54, 1.807) is 12.0 Å². The highest BCUT2D eigenvalue weighted by Crippen LogP contribution is 2.30. The molecule has 21 heavy (non-hydrogen) atoms. The zero-order valence-corrected chi connectivity index (χ0v) is 13.6. The maximum Gasteiger partial charge on any atom is 0.260 e. The van der Waals surface area contributed by atoms with Crippen LogP contribution in [-0.2, 0) is 4.79 Å². The monoisotopic (exact) mass is 294 g/mol. The summed E-state index contributed by atoms with van der Waals surface area (Å²) in [6.45, 7) is 7.38. The van der Waals surface area contributed by atoms with E-state index in [9.17, 15) is 4.79 Å². The minimum Gasteiger partial charge on any atom is -0.493 e. The summed E-state index contributed by atoms with van der Waals surface area (Å²) in [5.41, 5.74) is 1.11. The highest BCUT2D eigenvalue weighted by atomic mass is 16.5. The Labute approximate surface area is 127 Å². The zero-order valence-electron chi connectivity index (χ0n) is 13.6. The molecule has 0 heterocycles. The van der Waals surface area contributed by atoms with E-state index in [2.05, 4.69) is 12.2 Å². The summed E-state index contributed by atoms with van der Waals surface area (Å²) in [6, 6.07) is 5.97. The maximum absolute atomic E-state index is 11.9. The molecule has 0 aliphatic heterocycles. The number of amides is 1. The lowest BCUT2D eigenvalue weighted by Crippen LogP contribution is -2.34. The average molecular weight is 294 g/mol. The minimum absolute atomic E-state index is 0.0188. The first-order valence-corrected chi connectivity index (χ1v) is 7.33. The number of hydrogen-bond donors (Lipinski definition) is 1. The highest BCUT2D eigenvalue weighted by molar-refractivity contribution is 5.77. The lowest BCUT2D eigenvalue weighted by Gasteiger charge is -2.19. The Balaban J connectivity index is 2.77. The van der Waals surface area contributed by atoms with E-state index in [-0.39, 0.29) is 18.6 Å². The standard InChI is InChI=1S/C16H26N2O3/c1-6-18(7-2)16(19)11-21-14-9-8-13(12(3)17-4)10-15(14)20-5/h8-10,12,17H,6-7,11H2,1-5H3. The van der Waals surface area contributed by atoms with Crippen molar-refractivity contribution in [3.63, 3.8) is 0 Å². The number of carbonyl (C=O) groups excluding carboxylic acids is 1. The molecular formula is C16H26N2O3. The van der Waals surface area contributed by atoms with Gasteiger partial charge in [-0.25, -0.2) is 0 Å². The molecule has 1 aromatic rings. The highest BCUT2D eigenvalue weighted by Gasteiger charge is 2.13. The van der Waals surface area contributed by atoms with Crippen molar-refractivity contribution in [2.45, 2.75) is 26.8 Å². The van der Waals surface area contributed by atoms with Crippen molar-refractivity contribution in [2.75, 3.05) is 33.9 Å². The van der Waals surface area contributed by atoms with E-state index in [0.29, 0.717) is 24.6 Å². The van der Waals surface area contributed by atoms with E-state index in [1.165, 1.54) is 0 Å². The van der Waals surface area contributed by atoms with Crippen LogP contribution in [0, 0.1) is 0 Å². The smallest absolute Gasteiger partial charge is 0.260 e. The van der Waals surface area contributed by atoms with Crippen LogP contribution in [0.15, 0.2) is 18.2 Å². The predicted octanol–water partition coefficient (Wildman–Crippen LogP) is 2.22. The van der Waals surface area contributed by atoms with Crippen molar-refractivity contribution in [3.05, 3.63) is 23.8 Å². The second-order valence-electron chi connectivity index (χ2n) is 4.78. The van der Waals surface area contributed by atoms with Crippen molar-refractivity contribution in [1.82, 2.24) is 10.2 Å². The van der Waals surface area contributed by atoms with Gasteiger partial charge < -0.3 is 19.7 Å². The van der Waals surface area contributed by atoms with Crippen LogP contribution in [0.5, 0.6) is 11.5 Å². The molecule has 0 bridgehead atoms. The number of methoxy groups -OCH3 is 1. The molecule has 1 N–H and O–H groups in total. The van der Waals surface area contributed by atoms with Crippen LogP contribution in [0.1, 0.15) is 32.4 Å². The molecule has 0 aliphatic carbocycles. The Hall–Kier alpha value is -1.75. The lowest BCUT2D eigenvalue weighted by atomic mass is 10.1. The van der Waals surface area contributed by atoms with Gasteiger partial charge >= 0.3 is 0 Å². The number of hydrogen-bond acceptors (Lipinski definition) is 4. The molecule has 118 valence electrons. The van der Waals surface area contributed by atoms with E-state index in [4.69, 9.17) is 9.47 Å². The molecular weight excluding hydrogens is 268 g/mol. The van der Waals surface area contributed by atoms with Gasteiger partial charge in [0.2, 0.25) is 0 Å². The summed E-state index contributed by atoms with van der Waals surface area (Å²) in [5, 5.41) is 3.18. The van der Waals surface area contributed by atoms with Gasteiger partial charge in [-0.3, -0.25) is 4.79 Å². The van der Waals surface area contributed by atoms with Gasteiger partial charge in [-0.1, -0.05) is 6.07 Å². The quantitative estimate of drug-likeness (QED) is 0.799. The maximum atomic E-state index is 11.9. The van der Waals surface area contributed by atoms with Gasteiger partial charge in [0.05, 0.1) is 7.11 Å². The normalized spacial score (nSPS) is 11.9. The molecule has 0 saturated carbocycles. The van der Waals surface area contributed by atoms with Gasteiger partial charge in [-0.05, 0) is 45.5 Å². The summed E-state index contributed by atoms with van der Waals surface area (Å²) in [4.78, 5) is 13.7. The third kappa shape index (κ3) is 4.63. The van der Waals surface area contributed by atoms with Crippen molar-refractivity contribution in [1.29, 1.82) is 0 Å². The largest absolute Gasteiger partial charge is 0.493 e. The second kappa shape index (κ2) is 8.52. The Morgan fingerprint density at radius 3 is 2.48 bits per heavy atom. The van der Waals surface area contributed by atoms with Crippen molar-refractivity contribution >= 4 is 5.91 Å². The van der Waals surface area contributed by atoms with Gasteiger partial charge in [-0.15, -0.1) is 0 Å². The van der Waals surface area contributed by atoms with Gasteiger partial charge in [-0.2, -0.15) is 0 Å². The molecule has 1 atom stereocenters. The van der Waals surface area contributed by atoms with Crippen LogP contribution in [0.4, 0.5) is 0 Å². The summed E-state index contributed by atoms with van der Waals surface area (Å²) < 4.78 is 11.0. The van der Waals surface area contributed by atoms with Crippen LogP contribution in [-0.4, -0.2) is 44.7 Å². The number of rotatable bonds is 8. The average Bonchev–Trinajstić information content (AvgIpc) is 2.53. The first kappa shape index (κ1) is 17.3. The third-order valence-corrected chi connectivity index (χ3v) is 3.59. The van der Waals surface area contributed by atoms with Gasteiger partial charge in [0, 0.05) is 19.1 Å². The molecule has 1 amide bonds. The Kier molecular flexibility index (Phi) is 7.02. The fourth-order valence-electron chi connectivity index (χ4n) is 2.05. The summed E-state index contributed by atoms with van der Waals surface area (Å²) in [6.07, 6.45) is 0. The topological polar surface area (TPSA) is 50.8 Å². The first-order valence-electron chi connectivity index (χ1n) is 7.33. The molecule has 1 aromatic carbocycles. The van der Waals surface area contributed by atoms with Crippen LogP contribution in [0.25, 0.3) is 0 Å². The Morgan fingerprint density at radius 1 is 1.29 bits per heavy atom. The van der Waals surface area contributed by atoms with Crippen molar-refractivity contribution in [3.8, 4) is 11.5 Å². The molecule has 5 nitrogen and oxygen atoms in total. The van der Waals surface area contributed by atoms with Gasteiger partial charge in [0.15, 0.2) is 18.1 Å². The molecule has 1 rings (SSSR count). The van der Waals surface area contributed by atoms with Crippen LogP contribution in [0.2, 0.25) is 0 Å². The molecule has 0 spiro atoms.